The first kappa shape index (κ1) is 29.4. The molecule has 0 bridgehead atoms. The summed E-state index contributed by atoms with van der Waals surface area (Å²) in [6, 6.07) is 10.4. The van der Waals surface area contributed by atoms with Gasteiger partial charge in [-0.05, 0) is 99.3 Å². The third kappa shape index (κ3) is 6.18. The van der Waals surface area contributed by atoms with Crippen molar-refractivity contribution in [3.8, 4) is 11.1 Å². The van der Waals surface area contributed by atoms with Crippen LogP contribution in [0.4, 0.5) is 10.1 Å². The highest BCUT2D eigenvalue weighted by molar-refractivity contribution is 6.06. The summed E-state index contributed by atoms with van der Waals surface area (Å²) in [6.07, 6.45) is 7.47. The molecule has 3 aliphatic rings. The van der Waals surface area contributed by atoms with Gasteiger partial charge in [0.1, 0.15) is 5.82 Å². The fraction of sp³-hybridized carbons (Fsp3) is 0.500. The van der Waals surface area contributed by atoms with Crippen LogP contribution in [0.1, 0.15) is 86.1 Å². The molecule has 1 aromatic heterocycles. The molecule has 0 atom stereocenters. The molecule has 1 saturated heterocycles. The minimum atomic E-state index is -0.518. The molecule has 2 amide bonds. The molecule has 2 aromatic carbocycles. The molecule has 0 spiro atoms. The SMILES string of the molecule is CC1(C)CC(=O)n2c(c(-c3ccc(C(N)=O)c(NC4CCC(NC(=O)CCN5CCCC5)CC4)c3)c3ccc(F)cc32)C1. The predicted molar refractivity (Wildman–Crippen MR) is 167 cm³/mol. The lowest BCUT2D eigenvalue weighted by Crippen LogP contribution is -2.41. The van der Waals surface area contributed by atoms with E-state index in [1.807, 2.05) is 12.1 Å². The van der Waals surface area contributed by atoms with E-state index in [4.69, 9.17) is 5.73 Å². The zero-order valence-corrected chi connectivity index (χ0v) is 25.2. The molecule has 228 valence electrons. The van der Waals surface area contributed by atoms with Crippen molar-refractivity contribution in [2.24, 2.45) is 11.1 Å². The van der Waals surface area contributed by atoms with Crippen molar-refractivity contribution < 1.29 is 18.8 Å². The molecule has 9 heteroatoms. The average molecular weight is 588 g/mol. The number of primary amides is 1. The molecule has 4 N–H and O–H groups in total. The molecule has 2 aliphatic heterocycles. The van der Waals surface area contributed by atoms with Crippen LogP contribution in [-0.4, -0.2) is 58.9 Å². The summed E-state index contributed by atoms with van der Waals surface area (Å²) < 4.78 is 16.0. The van der Waals surface area contributed by atoms with E-state index in [2.05, 4.69) is 29.4 Å². The monoisotopic (exact) mass is 587 g/mol. The summed E-state index contributed by atoms with van der Waals surface area (Å²) in [5.41, 5.74) is 9.78. The quantitative estimate of drug-likeness (QED) is 0.323. The molecule has 6 rings (SSSR count). The van der Waals surface area contributed by atoms with E-state index in [9.17, 15) is 18.8 Å². The highest BCUT2D eigenvalue weighted by atomic mass is 19.1. The lowest BCUT2D eigenvalue weighted by atomic mass is 9.80. The molecule has 3 heterocycles. The summed E-state index contributed by atoms with van der Waals surface area (Å²) in [4.78, 5) is 40.6. The normalized spacial score (nSPS) is 22.0. The molecule has 0 radical (unpaired) electrons. The minimum Gasteiger partial charge on any atom is -0.382 e. The number of carbonyl (C=O) groups is 3. The van der Waals surface area contributed by atoms with Crippen LogP contribution in [-0.2, 0) is 11.2 Å². The average Bonchev–Trinajstić information content (AvgIpc) is 3.58. The molecule has 1 aliphatic carbocycles. The van der Waals surface area contributed by atoms with Crippen LogP contribution in [0.2, 0.25) is 0 Å². The second kappa shape index (κ2) is 11.8. The Morgan fingerprint density at radius 2 is 1.72 bits per heavy atom. The molecular formula is C34H42FN5O3. The van der Waals surface area contributed by atoms with Crippen LogP contribution in [0.25, 0.3) is 22.0 Å². The number of hydrogen-bond donors (Lipinski definition) is 3. The maximum Gasteiger partial charge on any atom is 0.250 e. The summed E-state index contributed by atoms with van der Waals surface area (Å²) in [5, 5.41) is 7.60. The standard InChI is InChI=1S/C34H42FN5O3/c1-34(2)19-29-32(26-12-6-22(35)18-28(26)40(29)31(42)20-34)21-5-11-25(33(36)43)27(17-21)37-23-7-9-24(10-8-23)38-30(41)13-16-39-14-3-4-15-39/h5-6,11-12,17-18,23-24,37H,3-4,7-10,13-16,19-20H2,1-2H3,(H2,36,43)(H,38,41). The number of likely N-dealkylation sites (tertiary alicyclic amines) is 1. The second-order valence-corrected chi connectivity index (χ2v) is 13.4. The first-order valence-electron chi connectivity index (χ1n) is 15.7. The minimum absolute atomic E-state index is 0.0416. The number of halogens is 1. The summed E-state index contributed by atoms with van der Waals surface area (Å²) in [7, 11) is 0. The van der Waals surface area contributed by atoms with Gasteiger partial charge in [0, 0.05) is 53.8 Å². The number of nitrogens with one attached hydrogen (secondary N) is 2. The van der Waals surface area contributed by atoms with Gasteiger partial charge in [-0.25, -0.2) is 4.39 Å². The number of benzene rings is 2. The van der Waals surface area contributed by atoms with Gasteiger partial charge in [-0.15, -0.1) is 0 Å². The highest BCUT2D eigenvalue weighted by Gasteiger charge is 2.35. The van der Waals surface area contributed by atoms with Crippen molar-refractivity contribution in [2.45, 2.75) is 83.7 Å². The molecule has 0 unspecified atom stereocenters. The van der Waals surface area contributed by atoms with E-state index >= 15 is 0 Å². The Balaban J connectivity index is 1.22. The third-order valence-corrected chi connectivity index (χ3v) is 9.43. The van der Waals surface area contributed by atoms with E-state index in [-0.39, 0.29) is 35.1 Å². The van der Waals surface area contributed by atoms with Gasteiger partial charge in [0.05, 0.1) is 11.1 Å². The summed E-state index contributed by atoms with van der Waals surface area (Å²) >= 11 is 0. The van der Waals surface area contributed by atoms with Crippen molar-refractivity contribution >= 4 is 34.3 Å². The summed E-state index contributed by atoms with van der Waals surface area (Å²) in [5.74, 6) is -0.825. The van der Waals surface area contributed by atoms with Gasteiger partial charge >= 0.3 is 0 Å². The number of fused-ring (bicyclic) bond motifs is 3. The highest BCUT2D eigenvalue weighted by Crippen LogP contribution is 2.43. The van der Waals surface area contributed by atoms with Gasteiger partial charge < -0.3 is 21.3 Å². The lowest BCUT2D eigenvalue weighted by Gasteiger charge is -2.31. The lowest BCUT2D eigenvalue weighted by molar-refractivity contribution is -0.122. The smallest absolute Gasteiger partial charge is 0.250 e. The number of aromatic nitrogens is 1. The maximum absolute atomic E-state index is 14.4. The van der Waals surface area contributed by atoms with Crippen molar-refractivity contribution in [2.75, 3.05) is 25.0 Å². The van der Waals surface area contributed by atoms with Crippen LogP contribution < -0.4 is 16.4 Å². The molecule has 2 fully saturated rings. The zero-order valence-electron chi connectivity index (χ0n) is 25.2. The first-order chi connectivity index (χ1) is 20.6. The fourth-order valence-corrected chi connectivity index (χ4v) is 7.29. The van der Waals surface area contributed by atoms with E-state index < -0.39 is 5.91 Å². The molecule has 3 aromatic rings. The number of nitrogens with zero attached hydrogens (tertiary/aromatic N) is 2. The van der Waals surface area contributed by atoms with Crippen LogP contribution in [0.3, 0.4) is 0 Å². The summed E-state index contributed by atoms with van der Waals surface area (Å²) in [6.45, 7) is 7.17. The number of hydrogen-bond acceptors (Lipinski definition) is 5. The van der Waals surface area contributed by atoms with Gasteiger partial charge in [0.15, 0.2) is 0 Å². The van der Waals surface area contributed by atoms with E-state index in [0.29, 0.717) is 36.0 Å². The Bertz CT molecular complexity index is 1560. The van der Waals surface area contributed by atoms with Gasteiger partial charge in [-0.3, -0.25) is 19.0 Å². The van der Waals surface area contributed by atoms with Crippen molar-refractivity contribution in [1.29, 1.82) is 0 Å². The van der Waals surface area contributed by atoms with Crippen molar-refractivity contribution in [3.05, 3.63) is 53.5 Å². The Kier molecular flexibility index (Phi) is 8.02. The third-order valence-electron chi connectivity index (χ3n) is 9.43. The van der Waals surface area contributed by atoms with Crippen LogP contribution >= 0.6 is 0 Å². The molecular weight excluding hydrogens is 545 g/mol. The number of amides is 2. The second-order valence-electron chi connectivity index (χ2n) is 13.4. The zero-order chi connectivity index (χ0) is 30.3. The number of nitrogens with two attached hydrogens (primary N) is 1. The fourth-order valence-electron chi connectivity index (χ4n) is 7.29. The van der Waals surface area contributed by atoms with Gasteiger partial charge in [-0.2, -0.15) is 0 Å². The largest absolute Gasteiger partial charge is 0.382 e. The Hall–Kier alpha value is -3.72. The number of anilines is 1. The molecule has 1 saturated carbocycles. The van der Waals surface area contributed by atoms with E-state index in [0.717, 1.165) is 67.5 Å². The number of carbonyl (C=O) groups excluding carboxylic acids is 3. The molecule has 43 heavy (non-hydrogen) atoms. The Labute approximate surface area is 252 Å². The topological polar surface area (TPSA) is 109 Å². The van der Waals surface area contributed by atoms with E-state index in [1.54, 1.807) is 16.7 Å². The van der Waals surface area contributed by atoms with Crippen LogP contribution in [0, 0.1) is 11.2 Å². The number of rotatable bonds is 8. The van der Waals surface area contributed by atoms with E-state index in [1.165, 1.54) is 25.0 Å². The maximum atomic E-state index is 14.4. The van der Waals surface area contributed by atoms with Gasteiger partial charge in [-0.1, -0.05) is 19.9 Å². The van der Waals surface area contributed by atoms with Crippen LogP contribution in [0.5, 0.6) is 0 Å². The van der Waals surface area contributed by atoms with Crippen molar-refractivity contribution in [1.82, 2.24) is 14.8 Å². The Morgan fingerprint density at radius 3 is 2.44 bits per heavy atom. The first-order valence-corrected chi connectivity index (χ1v) is 15.7. The Morgan fingerprint density at radius 1 is 1.00 bits per heavy atom. The van der Waals surface area contributed by atoms with Gasteiger partial charge in [0.2, 0.25) is 11.8 Å². The van der Waals surface area contributed by atoms with Gasteiger partial charge in [0.25, 0.3) is 5.91 Å². The predicted octanol–water partition coefficient (Wildman–Crippen LogP) is 5.48. The van der Waals surface area contributed by atoms with Crippen molar-refractivity contribution in [3.63, 3.8) is 0 Å². The molecule has 8 nitrogen and oxygen atoms in total. The van der Waals surface area contributed by atoms with Crippen LogP contribution in [0.15, 0.2) is 36.4 Å².